The number of hydrogen-bond acceptors (Lipinski definition) is 5. The number of rotatable bonds is 4. The van der Waals surface area contributed by atoms with Gasteiger partial charge in [0.1, 0.15) is 12.2 Å². The molecule has 5 heteroatoms. The molecule has 2 heterocycles. The summed E-state index contributed by atoms with van der Waals surface area (Å²) in [5.41, 5.74) is 1.14. The second-order valence-corrected chi connectivity index (χ2v) is 5.32. The lowest BCUT2D eigenvalue weighted by molar-refractivity contribution is -0.143. The van der Waals surface area contributed by atoms with E-state index in [2.05, 4.69) is 0 Å². The van der Waals surface area contributed by atoms with Crippen LogP contribution in [0.1, 0.15) is 25.3 Å². The van der Waals surface area contributed by atoms with E-state index in [0.717, 1.165) is 29.9 Å². The van der Waals surface area contributed by atoms with Gasteiger partial charge in [0.15, 0.2) is 11.5 Å². The highest BCUT2D eigenvalue weighted by atomic mass is 16.7. The van der Waals surface area contributed by atoms with Gasteiger partial charge in [-0.15, -0.1) is 0 Å². The van der Waals surface area contributed by atoms with Crippen molar-refractivity contribution in [1.82, 2.24) is 0 Å². The first-order valence-electron chi connectivity index (χ1n) is 6.92. The van der Waals surface area contributed by atoms with Gasteiger partial charge in [-0.25, -0.2) is 0 Å². The monoisotopic (exact) mass is 278 g/mol. The van der Waals surface area contributed by atoms with Crippen molar-refractivity contribution in [1.29, 1.82) is 0 Å². The molecule has 1 fully saturated rings. The maximum atomic E-state index is 11.6. The van der Waals surface area contributed by atoms with Gasteiger partial charge < -0.3 is 19.3 Å². The normalized spacial score (nSPS) is 27.7. The SMILES string of the molecule is C[C@@H]1OC(=O)[C@@H](CCCc2ccc3c(c2)OCO3)[C@H]1O. The van der Waals surface area contributed by atoms with E-state index in [1.54, 1.807) is 6.92 Å². The van der Waals surface area contributed by atoms with Crippen LogP contribution in [0.3, 0.4) is 0 Å². The third-order valence-electron chi connectivity index (χ3n) is 3.92. The molecule has 108 valence electrons. The average Bonchev–Trinajstić information content (AvgIpc) is 2.98. The summed E-state index contributed by atoms with van der Waals surface area (Å²) in [4.78, 5) is 11.6. The molecule has 0 aliphatic carbocycles. The Kier molecular flexibility index (Phi) is 3.53. The van der Waals surface area contributed by atoms with Crippen molar-refractivity contribution in [3.63, 3.8) is 0 Å². The summed E-state index contributed by atoms with van der Waals surface area (Å²) in [6, 6.07) is 5.87. The minimum atomic E-state index is -0.681. The van der Waals surface area contributed by atoms with Crippen molar-refractivity contribution in [3.8, 4) is 11.5 Å². The molecule has 5 nitrogen and oxygen atoms in total. The minimum Gasteiger partial charge on any atom is -0.460 e. The second-order valence-electron chi connectivity index (χ2n) is 5.32. The molecule has 1 saturated heterocycles. The Morgan fingerprint density at radius 1 is 1.30 bits per heavy atom. The van der Waals surface area contributed by atoms with Crippen LogP contribution in [-0.4, -0.2) is 30.1 Å². The van der Waals surface area contributed by atoms with Crippen molar-refractivity contribution in [2.24, 2.45) is 5.92 Å². The van der Waals surface area contributed by atoms with Crippen LogP contribution in [0.2, 0.25) is 0 Å². The van der Waals surface area contributed by atoms with Gasteiger partial charge in [-0.1, -0.05) is 6.07 Å². The van der Waals surface area contributed by atoms with Crippen molar-refractivity contribution in [2.75, 3.05) is 6.79 Å². The van der Waals surface area contributed by atoms with Crippen LogP contribution in [0.25, 0.3) is 0 Å². The highest BCUT2D eigenvalue weighted by Gasteiger charge is 2.40. The zero-order valence-corrected chi connectivity index (χ0v) is 11.4. The summed E-state index contributed by atoms with van der Waals surface area (Å²) in [6.45, 7) is 2.00. The number of aryl methyl sites for hydroxylation is 1. The summed E-state index contributed by atoms with van der Waals surface area (Å²) < 4.78 is 15.6. The standard InChI is InChI=1S/C15H18O5/c1-9-14(16)11(15(17)20-9)4-2-3-10-5-6-12-13(7-10)19-8-18-12/h5-7,9,11,14,16H,2-4,8H2,1H3/t9-,11-,14-/m0/s1. The average molecular weight is 278 g/mol. The molecule has 20 heavy (non-hydrogen) atoms. The van der Waals surface area contributed by atoms with Crippen molar-refractivity contribution >= 4 is 5.97 Å². The molecule has 1 aromatic rings. The van der Waals surface area contributed by atoms with Gasteiger partial charge in [-0.2, -0.15) is 0 Å². The topological polar surface area (TPSA) is 65.0 Å². The number of benzene rings is 1. The fourth-order valence-electron chi connectivity index (χ4n) is 2.72. The lowest BCUT2D eigenvalue weighted by Gasteiger charge is -2.11. The number of aliphatic hydroxyl groups is 1. The zero-order chi connectivity index (χ0) is 14.1. The molecule has 1 aromatic carbocycles. The quantitative estimate of drug-likeness (QED) is 0.849. The van der Waals surface area contributed by atoms with Crippen LogP contribution in [0.4, 0.5) is 0 Å². The largest absolute Gasteiger partial charge is 0.460 e. The van der Waals surface area contributed by atoms with Gasteiger partial charge in [0.05, 0.1) is 5.92 Å². The zero-order valence-electron chi connectivity index (χ0n) is 11.4. The molecular formula is C15H18O5. The molecule has 3 atom stereocenters. The molecule has 1 N–H and O–H groups in total. The number of esters is 1. The van der Waals surface area contributed by atoms with Crippen LogP contribution in [-0.2, 0) is 16.0 Å². The number of cyclic esters (lactones) is 1. The van der Waals surface area contributed by atoms with E-state index in [9.17, 15) is 9.90 Å². The Morgan fingerprint density at radius 2 is 2.10 bits per heavy atom. The molecule has 0 bridgehead atoms. The predicted molar refractivity (Wildman–Crippen MR) is 70.6 cm³/mol. The van der Waals surface area contributed by atoms with E-state index in [0.29, 0.717) is 6.42 Å². The predicted octanol–water partition coefficient (Wildman–Crippen LogP) is 1.66. The number of ether oxygens (including phenoxy) is 3. The smallest absolute Gasteiger partial charge is 0.312 e. The Hall–Kier alpha value is -1.75. The van der Waals surface area contributed by atoms with E-state index in [1.807, 2.05) is 18.2 Å². The Labute approximate surface area is 117 Å². The number of aliphatic hydroxyl groups excluding tert-OH is 1. The van der Waals surface area contributed by atoms with Crippen LogP contribution < -0.4 is 9.47 Å². The van der Waals surface area contributed by atoms with E-state index in [1.165, 1.54) is 0 Å². The highest BCUT2D eigenvalue weighted by Crippen LogP contribution is 2.33. The Balaban J connectivity index is 1.54. The molecule has 0 amide bonds. The number of hydrogen-bond donors (Lipinski definition) is 1. The lowest BCUT2D eigenvalue weighted by Crippen LogP contribution is -2.24. The highest BCUT2D eigenvalue weighted by molar-refractivity contribution is 5.75. The summed E-state index contributed by atoms with van der Waals surface area (Å²) in [5, 5.41) is 9.87. The molecule has 0 spiro atoms. The van der Waals surface area contributed by atoms with E-state index in [4.69, 9.17) is 14.2 Å². The van der Waals surface area contributed by atoms with Crippen LogP contribution in [0.15, 0.2) is 18.2 Å². The number of carbonyl (C=O) groups is 1. The summed E-state index contributed by atoms with van der Waals surface area (Å²) in [7, 11) is 0. The lowest BCUT2D eigenvalue weighted by atomic mass is 9.94. The maximum absolute atomic E-state index is 11.6. The molecule has 0 radical (unpaired) electrons. The second kappa shape index (κ2) is 5.32. The Bertz CT molecular complexity index is 513. The molecular weight excluding hydrogens is 260 g/mol. The van der Waals surface area contributed by atoms with Gasteiger partial charge in [0, 0.05) is 0 Å². The molecule has 0 aromatic heterocycles. The van der Waals surface area contributed by atoms with Gasteiger partial charge in [-0.3, -0.25) is 4.79 Å². The third kappa shape index (κ3) is 2.45. The summed E-state index contributed by atoms with van der Waals surface area (Å²) >= 11 is 0. The van der Waals surface area contributed by atoms with Gasteiger partial charge in [0.25, 0.3) is 0 Å². The molecule has 3 rings (SSSR count). The first-order valence-corrected chi connectivity index (χ1v) is 6.92. The van der Waals surface area contributed by atoms with Crippen LogP contribution in [0, 0.1) is 5.92 Å². The van der Waals surface area contributed by atoms with Crippen molar-refractivity contribution in [3.05, 3.63) is 23.8 Å². The maximum Gasteiger partial charge on any atom is 0.312 e. The van der Waals surface area contributed by atoms with E-state index in [-0.39, 0.29) is 18.7 Å². The third-order valence-corrected chi connectivity index (χ3v) is 3.92. The minimum absolute atomic E-state index is 0.275. The molecule has 0 saturated carbocycles. The first-order chi connectivity index (χ1) is 9.65. The summed E-state index contributed by atoms with van der Waals surface area (Å²) in [6.07, 6.45) is 1.22. The van der Waals surface area contributed by atoms with Gasteiger partial charge in [0.2, 0.25) is 6.79 Å². The number of carbonyl (C=O) groups excluding carboxylic acids is 1. The van der Waals surface area contributed by atoms with E-state index >= 15 is 0 Å². The molecule has 0 unspecified atom stereocenters. The van der Waals surface area contributed by atoms with E-state index < -0.39 is 12.2 Å². The van der Waals surface area contributed by atoms with Crippen LogP contribution in [0.5, 0.6) is 11.5 Å². The fraction of sp³-hybridized carbons (Fsp3) is 0.533. The van der Waals surface area contributed by atoms with Crippen molar-refractivity contribution in [2.45, 2.75) is 38.4 Å². The molecule has 2 aliphatic rings. The van der Waals surface area contributed by atoms with Crippen molar-refractivity contribution < 1.29 is 24.1 Å². The molecule has 2 aliphatic heterocycles. The van der Waals surface area contributed by atoms with Gasteiger partial charge >= 0.3 is 5.97 Å². The number of fused-ring (bicyclic) bond motifs is 1. The fourth-order valence-corrected chi connectivity index (χ4v) is 2.72. The first kappa shape index (κ1) is 13.2. The Morgan fingerprint density at radius 3 is 2.85 bits per heavy atom. The van der Waals surface area contributed by atoms with Gasteiger partial charge in [-0.05, 0) is 43.9 Å². The van der Waals surface area contributed by atoms with Crippen LogP contribution >= 0.6 is 0 Å². The summed E-state index contributed by atoms with van der Waals surface area (Å²) in [5.74, 6) is 0.878.